The summed E-state index contributed by atoms with van der Waals surface area (Å²) < 4.78 is 5.90. The number of rotatable bonds is 5. The molecule has 0 spiro atoms. The second-order valence-corrected chi connectivity index (χ2v) is 14.8. The second kappa shape index (κ2) is 16.1. The van der Waals surface area contributed by atoms with Gasteiger partial charge in [0.1, 0.15) is 11.8 Å². The first-order valence-corrected chi connectivity index (χ1v) is 17.1. The van der Waals surface area contributed by atoms with Crippen molar-refractivity contribution in [3.05, 3.63) is 42.0 Å². The maximum absolute atomic E-state index is 13.7. The van der Waals surface area contributed by atoms with Crippen LogP contribution < -0.4 is 20.7 Å². The molecule has 4 aliphatic rings. The molecule has 3 heterocycles. The van der Waals surface area contributed by atoms with Crippen LogP contribution in [-0.4, -0.2) is 77.2 Å². The summed E-state index contributed by atoms with van der Waals surface area (Å²) in [6.07, 6.45) is 10.8. The molecule has 9 heteroatoms. The molecule has 2 fully saturated rings. The highest BCUT2D eigenvalue weighted by atomic mass is 16.5. The Morgan fingerprint density at radius 2 is 1.76 bits per heavy atom. The summed E-state index contributed by atoms with van der Waals surface area (Å²) in [7, 11) is 0. The van der Waals surface area contributed by atoms with E-state index in [1.54, 1.807) is 0 Å². The highest BCUT2D eigenvalue weighted by molar-refractivity contribution is 5.93. The molecule has 5 rings (SSSR count). The highest BCUT2D eigenvalue weighted by Gasteiger charge is 2.42. The zero-order valence-corrected chi connectivity index (χ0v) is 28.0. The number of fused-ring (bicyclic) bond motifs is 15. The van der Waals surface area contributed by atoms with Gasteiger partial charge in [-0.25, -0.2) is 0 Å². The number of hydrogen-bond donors (Lipinski definition) is 4. The van der Waals surface area contributed by atoms with E-state index >= 15 is 0 Å². The van der Waals surface area contributed by atoms with E-state index in [2.05, 4.69) is 20.9 Å². The molecule has 2 bridgehead atoms. The van der Waals surface area contributed by atoms with E-state index < -0.39 is 18.2 Å². The number of hydrogen-bond acceptors (Lipinski definition) is 6. The van der Waals surface area contributed by atoms with Crippen LogP contribution in [0.15, 0.2) is 36.4 Å². The first-order valence-electron chi connectivity index (χ1n) is 17.1. The van der Waals surface area contributed by atoms with Crippen LogP contribution >= 0.6 is 0 Å². The largest absolute Gasteiger partial charge is 0.494 e. The van der Waals surface area contributed by atoms with Crippen molar-refractivity contribution in [3.8, 4) is 5.75 Å². The Morgan fingerprint density at radius 1 is 1.04 bits per heavy atom. The summed E-state index contributed by atoms with van der Waals surface area (Å²) in [5.74, 6) is 1.01. The highest BCUT2D eigenvalue weighted by Crippen LogP contribution is 2.39. The molecular formula is C36H56N4O5. The predicted octanol–water partition coefficient (Wildman–Crippen LogP) is 4.13. The molecule has 3 aliphatic heterocycles. The normalized spacial score (nSPS) is 28.9. The van der Waals surface area contributed by atoms with Crippen LogP contribution in [0, 0.1) is 17.8 Å². The van der Waals surface area contributed by atoms with Crippen LogP contribution in [0.4, 0.5) is 0 Å². The topological polar surface area (TPSA) is 120 Å². The van der Waals surface area contributed by atoms with Gasteiger partial charge in [0.05, 0.1) is 24.8 Å². The number of ether oxygens (including phenoxy) is 1. The Balaban J connectivity index is 1.58. The Morgan fingerprint density at radius 3 is 2.44 bits per heavy atom. The van der Waals surface area contributed by atoms with E-state index in [1.807, 2.05) is 65.0 Å². The molecule has 0 radical (unpaired) electrons. The molecule has 9 nitrogen and oxygen atoms in total. The minimum atomic E-state index is -0.941. The number of aliphatic hydroxyl groups is 1. The minimum Gasteiger partial charge on any atom is -0.494 e. The molecule has 1 saturated carbocycles. The van der Waals surface area contributed by atoms with E-state index in [4.69, 9.17) is 4.74 Å². The monoisotopic (exact) mass is 624 g/mol. The van der Waals surface area contributed by atoms with Crippen molar-refractivity contribution >= 4 is 17.7 Å². The van der Waals surface area contributed by atoms with Crippen molar-refractivity contribution in [1.29, 1.82) is 0 Å². The standard InChI is InChI=1S/C36H56N4O5/c1-24(2)33-35(44)37-29(20-25-15-17-28(18-16-25)45-19-11-7-6-8-14-32(42)38-33)31(41)23-40-22-27-13-10-9-12-26(27)21-30(40)34(43)39-36(3,4)5/h8,14-18,24,26-27,29-31,33,41H,6-7,9-13,19-23H2,1-5H3,(H,37,44)(H,38,42)(H,39,43)/b14-8-/t26?,27?,29-,30-,31+,33-/m0/s1. The summed E-state index contributed by atoms with van der Waals surface area (Å²) in [5, 5.41) is 21.0. The number of nitrogens with zero attached hydrogens (tertiary/aromatic N) is 1. The maximum atomic E-state index is 13.7. The first-order chi connectivity index (χ1) is 21.4. The fourth-order valence-electron chi connectivity index (χ4n) is 7.01. The summed E-state index contributed by atoms with van der Waals surface area (Å²) in [6.45, 7) is 11.4. The molecule has 1 aromatic rings. The fourth-order valence-corrected chi connectivity index (χ4v) is 7.01. The smallest absolute Gasteiger partial charge is 0.244 e. The van der Waals surface area contributed by atoms with Crippen LogP contribution in [-0.2, 0) is 20.8 Å². The molecule has 250 valence electrons. The van der Waals surface area contributed by atoms with Gasteiger partial charge >= 0.3 is 0 Å². The number of allylic oxidation sites excluding steroid dienone is 1. The van der Waals surface area contributed by atoms with Gasteiger partial charge in [-0.05, 0) is 101 Å². The quantitative estimate of drug-likeness (QED) is 0.391. The number of β-amino-alcohol motifs (C(OH)–C–C–N with tert-alkyl or cyclic N) is 1. The molecule has 2 unspecified atom stereocenters. The van der Waals surface area contributed by atoms with Crippen LogP contribution in [0.2, 0.25) is 0 Å². The van der Waals surface area contributed by atoms with Crippen LogP contribution in [0.3, 0.4) is 0 Å². The van der Waals surface area contributed by atoms with Gasteiger partial charge in [-0.1, -0.05) is 51.3 Å². The van der Waals surface area contributed by atoms with Crippen molar-refractivity contribution < 1.29 is 24.2 Å². The van der Waals surface area contributed by atoms with E-state index in [9.17, 15) is 19.5 Å². The molecule has 0 aromatic heterocycles. The van der Waals surface area contributed by atoms with Crippen molar-refractivity contribution in [2.75, 3.05) is 19.7 Å². The van der Waals surface area contributed by atoms with Gasteiger partial charge < -0.3 is 25.8 Å². The average molecular weight is 625 g/mol. The van der Waals surface area contributed by atoms with Crippen LogP contribution in [0.25, 0.3) is 0 Å². The molecule has 4 N–H and O–H groups in total. The summed E-state index contributed by atoms with van der Waals surface area (Å²) in [5.41, 5.74) is 0.593. The van der Waals surface area contributed by atoms with Crippen LogP contribution in [0.5, 0.6) is 5.75 Å². The van der Waals surface area contributed by atoms with E-state index in [0.29, 0.717) is 24.9 Å². The Labute approximate surface area is 269 Å². The SMILES string of the molecule is CC(C)[C@@H]1NC(=O)/C=C\CCCCOc2ccc(cc2)C[C@@H]([C@H](O)CN2CC3CCCCC3C[C@H]2C(=O)NC(C)(C)C)NC1=O. The number of benzene rings is 1. The fraction of sp³-hybridized carbons (Fsp3) is 0.694. The number of amides is 3. The van der Waals surface area contributed by atoms with Gasteiger partial charge in [-0.2, -0.15) is 0 Å². The van der Waals surface area contributed by atoms with Crippen molar-refractivity contribution in [2.45, 2.75) is 122 Å². The summed E-state index contributed by atoms with van der Waals surface area (Å²) in [6, 6.07) is 6.09. The zero-order chi connectivity index (χ0) is 32.6. The Hall–Kier alpha value is -2.91. The molecule has 1 aromatic carbocycles. The third-order valence-electron chi connectivity index (χ3n) is 9.45. The number of aliphatic hydroxyl groups excluding tert-OH is 1. The number of nitrogens with one attached hydrogen (secondary N) is 3. The molecular weight excluding hydrogens is 568 g/mol. The van der Waals surface area contributed by atoms with Crippen LogP contribution in [0.1, 0.15) is 91.5 Å². The van der Waals surface area contributed by atoms with Gasteiger partial charge in [-0.3, -0.25) is 19.3 Å². The number of carbonyl (C=O) groups excluding carboxylic acids is 3. The predicted molar refractivity (Wildman–Crippen MR) is 177 cm³/mol. The third kappa shape index (κ3) is 10.6. The minimum absolute atomic E-state index is 0.00121. The van der Waals surface area contributed by atoms with Crippen molar-refractivity contribution in [3.63, 3.8) is 0 Å². The molecule has 3 amide bonds. The number of likely N-dealkylation sites (tertiary alicyclic amines) is 1. The average Bonchev–Trinajstić information content (AvgIpc) is 2.98. The lowest BCUT2D eigenvalue weighted by molar-refractivity contribution is -0.133. The Bertz CT molecular complexity index is 1160. The lowest BCUT2D eigenvalue weighted by Crippen LogP contribution is -2.61. The third-order valence-corrected chi connectivity index (χ3v) is 9.45. The molecule has 1 saturated heterocycles. The molecule has 1 aliphatic carbocycles. The van der Waals surface area contributed by atoms with Gasteiger partial charge in [0.2, 0.25) is 17.7 Å². The van der Waals surface area contributed by atoms with Gasteiger partial charge in [0.25, 0.3) is 0 Å². The van der Waals surface area contributed by atoms with Gasteiger partial charge in [0, 0.05) is 18.6 Å². The van der Waals surface area contributed by atoms with Crippen molar-refractivity contribution in [2.24, 2.45) is 17.8 Å². The lowest BCUT2D eigenvalue weighted by atomic mass is 9.72. The summed E-state index contributed by atoms with van der Waals surface area (Å²) in [4.78, 5) is 42.2. The Kier molecular flexibility index (Phi) is 12.5. The van der Waals surface area contributed by atoms with E-state index in [0.717, 1.165) is 56.4 Å². The van der Waals surface area contributed by atoms with Crippen molar-refractivity contribution in [1.82, 2.24) is 20.9 Å². The number of carbonyl (C=O) groups is 3. The molecule has 6 atom stereocenters. The first kappa shape index (κ1) is 35.0. The van der Waals surface area contributed by atoms with E-state index in [1.165, 1.54) is 18.9 Å². The van der Waals surface area contributed by atoms with Gasteiger partial charge in [-0.15, -0.1) is 0 Å². The summed E-state index contributed by atoms with van der Waals surface area (Å²) >= 11 is 0. The number of piperidine rings is 1. The van der Waals surface area contributed by atoms with E-state index in [-0.39, 0.29) is 41.8 Å². The maximum Gasteiger partial charge on any atom is 0.244 e. The van der Waals surface area contributed by atoms with Gasteiger partial charge in [0.15, 0.2) is 0 Å². The second-order valence-electron chi connectivity index (χ2n) is 14.8. The zero-order valence-electron chi connectivity index (χ0n) is 28.0. The lowest BCUT2D eigenvalue weighted by Gasteiger charge is -2.47. The molecule has 45 heavy (non-hydrogen) atoms.